The smallest absolute Gasteiger partial charge is 0.194 e. The second-order valence-electron chi connectivity index (χ2n) is 2.01. The van der Waals surface area contributed by atoms with Gasteiger partial charge in [-0.15, -0.1) is 0 Å². The molecular weight excluding hydrogens is 160 g/mol. The molecule has 11 heavy (non-hydrogen) atoms. The third-order valence-corrected chi connectivity index (χ3v) is 1.20. The number of hydrogen-bond acceptors (Lipinski definition) is 0. The molecule has 60 valence electrons. The van der Waals surface area contributed by atoms with E-state index in [1.165, 1.54) is 0 Å². The lowest BCUT2D eigenvalue weighted by molar-refractivity contribution is 0.434. The Labute approximate surface area is 60.5 Å². The van der Waals surface area contributed by atoms with E-state index in [4.69, 9.17) is 0 Å². The van der Waals surface area contributed by atoms with E-state index >= 15 is 0 Å². The summed E-state index contributed by atoms with van der Waals surface area (Å²) in [6.45, 7) is -1.01. The predicted molar refractivity (Wildman–Crippen MR) is 31.1 cm³/mol. The predicted octanol–water partition coefficient (Wildman–Crippen LogP) is 2.57. The number of rotatable bonds is 1. The minimum Gasteiger partial charge on any atom is -0.246 e. The van der Waals surface area contributed by atoms with Gasteiger partial charge in [0.2, 0.25) is 0 Å². The van der Waals surface area contributed by atoms with Crippen LogP contribution in [0, 0.1) is 17.5 Å². The Morgan fingerprint density at radius 2 is 1.45 bits per heavy atom. The van der Waals surface area contributed by atoms with E-state index in [1.54, 1.807) is 0 Å². The van der Waals surface area contributed by atoms with Gasteiger partial charge >= 0.3 is 0 Å². The van der Waals surface area contributed by atoms with Crippen LogP contribution in [0.2, 0.25) is 0 Å². The fraction of sp³-hybridized carbons (Fsp3) is 0.143. The van der Waals surface area contributed by atoms with Gasteiger partial charge in [0.25, 0.3) is 0 Å². The van der Waals surface area contributed by atoms with Gasteiger partial charge in [-0.1, -0.05) is 0 Å². The lowest BCUT2D eigenvalue weighted by atomic mass is 10.2. The fourth-order valence-corrected chi connectivity index (χ4v) is 0.685. The van der Waals surface area contributed by atoms with Crippen molar-refractivity contribution in [2.45, 2.75) is 6.67 Å². The number of benzene rings is 1. The SMILES string of the molecule is FCc1cc(F)c(F)c(F)c1. The lowest BCUT2D eigenvalue weighted by Crippen LogP contribution is -1.92. The first-order valence-corrected chi connectivity index (χ1v) is 2.84. The van der Waals surface area contributed by atoms with Crippen LogP contribution < -0.4 is 0 Å². The highest BCUT2D eigenvalue weighted by Gasteiger charge is 2.09. The summed E-state index contributed by atoms with van der Waals surface area (Å²) in [5.74, 6) is -4.29. The monoisotopic (exact) mass is 164 g/mol. The summed E-state index contributed by atoms with van der Waals surface area (Å²) in [7, 11) is 0. The molecule has 0 aromatic heterocycles. The zero-order valence-electron chi connectivity index (χ0n) is 5.37. The highest BCUT2D eigenvalue weighted by atomic mass is 19.2. The molecule has 0 saturated carbocycles. The van der Waals surface area contributed by atoms with Crippen molar-refractivity contribution in [3.63, 3.8) is 0 Å². The topological polar surface area (TPSA) is 0 Å². The Hall–Kier alpha value is -1.06. The normalized spacial score (nSPS) is 10.2. The van der Waals surface area contributed by atoms with Gasteiger partial charge in [-0.3, -0.25) is 0 Å². The molecule has 0 aliphatic carbocycles. The molecule has 0 saturated heterocycles. The molecule has 0 fully saturated rings. The maximum absolute atomic E-state index is 12.2. The van der Waals surface area contributed by atoms with E-state index in [2.05, 4.69) is 0 Å². The highest BCUT2D eigenvalue weighted by Crippen LogP contribution is 2.13. The molecule has 1 rings (SSSR count). The zero-order chi connectivity index (χ0) is 8.43. The average Bonchev–Trinajstić information content (AvgIpc) is 1.99. The Bertz CT molecular complexity index is 246. The molecule has 0 bridgehead atoms. The fourth-order valence-electron chi connectivity index (χ4n) is 0.685. The van der Waals surface area contributed by atoms with Gasteiger partial charge in [0.1, 0.15) is 6.67 Å². The molecule has 0 unspecified atom stereocenters. The third-order valence-electron chi connectivity index (χ3n) is 1.20. The van der Waals surface area contributed by atoms with Crippen LogP contribution in [0.3, 0.4) is 0 Å². The first kappa shape index (κ1) is 8.04. The van der Waals surface area contributed by atoms with Gasteiger partial charge in [-0.25, -0.2) is 17.6 Å². The van der Waals surface area contributed by atoms with Crippen LogP contribution in [0.15, 0.2) is 12.1 Å². The van der Waals surface area contributed by atoms with Crippen molar-refractivity contribution in [1.82, 2.24) is 0 Å². The average molecular weight is 164 g/mol. The van der Waals surface area contributed by atoms with Gasteiger partial charge in [0.05, 0.1) is 0 Å². The quantitative estimate of drug-likeness (QED) is 0.442. The molecule has 4 heteroatoms. The summed E-state index contributed by atoms with van der Waals surface area (Å²) in [5.41, 5.74) is -0.207. The van der Waals surface area contributed by atoms with E-state index in [1.807, 2.05) is 0 Å². The lowest BCUT2D eigenvalue weighted by Gasteiger charge is -1.97. The zero-order valence-corrected chi connectivity index (χ0v) is 5.37. The summed E-state index contributed by atoms with van der Waals surface area (Å²) < 4.78 is 48.4. The molecule has 0 N–H and O–H groups in total. The maximum Gasteiger partial charge on any atom is 0.194 e. The second kappa shape index (κ2) is 2.90. The van der Waals surface area contributed by atoms with Crippen LogP contribution >= 0.6 is 0 Å². The van der Waals surface area contributed by atoms with E-state index in [9.17, 15) is 17.6 Å². The summed E-state index contributed by atoms with van der Waals surface area (Å²) in [6, 6.07) is 1.25. The van der Waals surface area contributed by atoms with Crippen molar-refractivity contribution in [3.8, 4) is 0 Å². The molecular formula is C7H4F4. The highest BCUT2D eigenvalue weighted by molar-refractivity contribution is 5.18. The summed E-state index contributed by atoms with van der Waals surface area (Å²) in [5, 5.41) is 0. The van der Waals surface area contributed by atoms with Gasteiger partial charge in [-0.05, 0) is 17.7 Å². The Balaban J connectivity index is 3.21. The molecule has 0 aliphatic rings. The van der Waals surface area contributed by atoms with Crippen LogP contribution in [0.4, 0.5) is 17.6 Å². The second-order valence-corrected chi connectivity index (χ2v) is 2.01. The molecule has 0 amide bonds. The van der Waals surface area contributed by atoms with Crippen LogP contribution in [-0.2, 0) is 6.67 Å². The minimum absolute atomic E-state index is 0.207. The van der Waals surface area contributed by atoms with Crippen molar-refractivity contribution in [2.24, 2.45) is 0 Å². The van der Waals surface area contributed by atoms with Crippen LogP contribution in [-0.4, -0.2) is 0 Å². The van der Waals surface area contributed by atoms with E-state index < -0.39 is 24.1 Å². The summed E-state index contributed by atoms with van der Waals surface area (Å²) in [6.07, 6.45) is 0. The molecule has 1 aromatic rings. The third kappa shape index (κ3) is 1.50. The van der Waals surface area contributed by atoms with E-state index in [-0.39, 0.29) is 5.56 Å². The first-order valence-electron chi connectivity index (χ1n) is 2.84. The van der Waals surface area contributed by atoms with Crippen LogP contribution in [0.5, 0.6) is 0 Å². The summed E-state index contributed by atoms with van der Waals surface area (Å²) >= 11 is 0. The standard InChI is InChI=1S/C7H4F4/c8-3-4-1-5(9)7(11)6(10)2-4/h1-2H,3H2. The molecule has 1 aromatic carbocycles. The Kier molecular flexibility index (Phi) is 2.12. The number of halogens is 4. The Morgan fingerprint density at radius 1 is 1.00 bits per heavy atom. The van der Waals surface area contributed by atoms with Crippen molar-refractivity contribution in [2.75, 3.05) is 0 Å². The van der Waals surface area contributed by atoms with Crippen molar-refractivity contribution >= 4 is 0 Å². The largest absolute Gasteiger partial charge is 0.246 e. The first-order chi connectivity index (χ1) is 5.15. The number of alkyl halides is 1. The van der Waals surface area contributed by atoms with E-state index in [0.29, 0.717) is 12.1 Å². The van der Waals surface area contributed by atoms with E-state index in [0.717, 1.165) is 0 Å². The van der Waals surface area contributed by atoms with Crippen LogP contribution in [0.1, 0.15) is 5.56 Å². The van der Waals surface area contributed by atoms with Crippen LogP contribution in [0.25, 0.3) is 0 Å². The minimum atomic E-state index is -1.57. The van der Waals surface area contributed by atoms with Gasteiger partial charge in [0.15, 0.2) is 17.5 Å². The van der Waals surface area contributed by atoms with Crippen molar-refractivity contribution in [1.29, 1.82) is 0 Å². The molecule has 0 aliphatic heterocycles. The number of hydrogen-bond donors (Lipinski definition) is 0. The summed E-state index contributed by atoms with van der Waals surface area (Å²) in [4.78, 5) is 0. The van der Waals surface area contributed by atoms with Crippen molar-refractivity contribution < 1.29 is 17.6 Å². The van der Waals surface area contributed by atoms with Gasteiger partial charge in [-0.2, -0.15) is 0 Å². The maximum atomic E-state index is 12.2. The molecule has 0 nitrogen and oxygen atoms in total. The van der Waals surface area contributed by atoms with Gasteiger partial charge < -0.3 is 0 Å². The Morgan fingerprint density at radius 3 is 1.82 bits per heavy atom. The molecule has 0 spiro atoms. The van der Waals surface area contributed by atoms with Crippen molar-refractivity contribution in [3.05, 3.63) is 35.1 Å². The molecule has 0 heterocycles. The molecule has 0 atom stereocenters. The molecule has 0 radical (unpaired) electrons. The van der Waals surface area contributed by atoms with Gasteiger partial charge in [0, 0.05) is 0 Å².